The molecular weight excluding hydrogens is 1580 g/mol. The Balaban J connectivity index is 0.000000114. The molecule has 20 rings (SSSR count). The quantitative estimate of drug-likeness (QED) is 0.0327. The minimum absolute atomic E-state index is 0.530. The average molecular weight is 1690 g/mol. The van der Waals surface area contributed by atoms with Crippen molar-refractivity contribution in [1.29, 1.82) is 0 Å². The van der Waals surface area contributed by atoms with Crippen molar-refractivity contribution in [3.63, 3.8) is 0 Å². The van der Waals surface area contributed by atoms with Crippen molar-refractivity contribution >= 4 is 47.0 Å². The highest BCUT2D eigenvalue weighted by atomic mass is 32.2. The smallest absolute Gasteiger partial charge is 0.202 e. The first kappa shape index (κ1) is 83.8. The molecule has 4 saturated heterocycles. The lowest BCUT2D eigenvalue weighted by Crippen LogP contribution is -2.41. The van der Waals surface area contributed by atoms with E-state index in [1.807, 2.05) is 74.2 Å². The van der Waals surface area contributed by atoms with Crippen LogP contribution in [0.2, 0.25) is 0 Å². The summed E-state index contributed by atoms with van der Waals surface area (Å²) in [7, 11) is 7.96. The van der Waals surface area contributed by atoms with Crippen molar-refractivity contribution in [2.45, 2.75) is 175 Å². The SMILES string of the molecule is Cc1ncoc1-c1nnc(SCCCN2CC[C@@]3(CC[C@@H]3c3ccccc3)C2)n1C.Cc1ncoc1-c1nnc(SCCCN2CC[C@@]3(CC[C@H]3c3ccccc3)C2)n1C.Cc1ncoc1-c1nnc(SCCCN2CC[C@]3(CC[C@@H]3c3ccccc3)C2)n1C.Cc1ncoc1-c1nnc(SCCCN2CC[C@]3(CC[C@H]3c3ccccc3)C2)n1C. The Hall–Kier alpha value is -8.48. The van der Waals surface area contributed by atoms with Crippen LogP contribution in [0.1, 0.15) is 171 Å². The molecule has 4 saturated carbocycles. The number of thioether (sulfide) groups is 4. The fraction of sp³-hybridized carbons (Fsp3) is 0.522. The van der Waals surface area contributed by atoms with Crippen LogP contribution < -0.4 is 0 Å². The van der Waals surface area contributed by atoms with E-state index in [-0.39, 0.29) is 0 Å². The summed E-state index contributed by atoms with van der Waals surface area (Å²) in [5.74, 6) is 13.0. The second kappa shape index (κ2) is 37.7. The largest absolute Gasteiger partial charge is 0.440 e. The van der Waals surface area contributed by atoms with Gasteiger partial charge in [0.15, 0.2) is 69.2 Å². The first-order valence-corrected chi connectivity index (χ1v) is 47.4. The minimum Gasteiger partial charge on any atom is -0.440 e. The molecule has 0 unspecified atom stereocenters. The number of benzene rings is 4. The number of hydrogen-bond acceptors (Lipinski definition) is 24. The molecule has 8 aliphatic rings. The Labute approximate surface area is 722 Å². The van der Waals surface area contributed by atoms with Crippen molar-refractivity contribution in [3.05, 3.63) is 192 Å². The summed E-state index contributed by atoms with van der Waals surface area (Å²) in [5, 5.41) is 38.3. The molecule has 0 N–H and O–H groups in total. The van der Waals surface area contributed by atoms with Crippen molar-refractivity contribution in [2.24, 2.45) is 49.9 Å². The number of likely N-dealkylation sites (tertiary alicyclic amines) is 4. The molecule has 4 spiro atoms. The lowest BCUT2D eigenvalue weighted by atomic mass is 9.57. The van der Waals surface area contributed by atoms with Crippen LogP contribution in [0, 0.1) is 49.4 Å². The highest BCUT2D eigenvalue weighted by Crippen LogP contribution is 2.61. The molecule has 0 amide bonds. The summed E-state index contributed by atoms with van der Waals surface area (Å²) < 4.78 is 29.9. The first-order chi connectivity index (χ1) is 58.6. The van der Waals surface area contributed by atoms with E-state index in [0.29, 0.717) is 44.7 Å². The third-order valence-electron chi connectivity index (χ3n) is 27.9. The van der Waals surface area contributed by atoms with Crippen LogP contribution in [-0.2, 0) is 28.2 Å². The molecule has 4 aliphatic heterocycles. The van der Waals surface area contributed by atoms with Crippen molar-refractivity contribution in [3.8, 4) is 46.3 Å². The monoisotopic (exact) mass is 1690 g/mol. The lowest BCUT2D eigenvalue weighted by molar-refractivity contribution is 0.0973. The molecule has 12 aromatic rings. The molecule has 8 fully saturated rings. The maximum atomic E-state index is 5.46. The van der Waals surface area contributed by atoms with E-state index in [4.69, 9.17) is 17.7 Å². The number of nitrogens with zero attached hydrogens (tertiary/aromatic N) is 20. The van der Waals surface area contributed by atoms with Gasteiger partial charge >= 0.3 is 0 Å². The minimum atomic E-state index is 0.530. The Kier molecular flexibility index (Phi) is 26.3. The fourth-order valence-corrected chi connectivity index (χ4v) is 24.0. The van der Waals surface area contributed by atoms with E-state index in [2.05, 4.69) is 202 Å². The average Bonchev–Trinajstić information content (AvgIpc) is 1.54. The predicted molar refractivity (Wildman–Crippen MR) is 474 cm³/mol. The van der Waals surface area contributed by atoms with E-state index >= 15 is 0 Å². The molecule has 28 heteroatoms. The number of hydrogen-bond donors (Lipinski definition) is 0. The van der Waals surface area contributed by atoms with Crippen molar-refractivity contribution in [1.82, 2.24) is 98.6 Å². The lowest BCUT2D eigenvalue weighted by Gasteiger charge is -2.48. The van der Waals surface area contributed by atoms with Crippen LogP contribution in [0.25, 0.3) is 46.3 Å². The van der Waals surface area contributed by atoms with Gasteiger partial charge in [-0.2, -0.15) is 0 Å². The number of aromatic nitrogens is 16. The molecule has 4 aromatic carbocycles. The van der Waals surface area contributed by atoms with E-state index in [1.54, 1.807) is 69.3 Å². The van der Waals surface area contributed by atoms with Gasteiger partial charge in [-0.3, -0.25) is 0 Å². The second-order valence-corrected chi connectivity index (χ2v) is 39.1. The van der Waals surface area contributed by atoms with Gasteiger partial charge in [0.05, 0.1) is 22.8 Å². The van der Waals surface area contributed by atoms with E-state index in [1.165, 1.54) is 207 Å². The maximum Gasteiger partial charge on any atom is 0.202 e. The Bertz CT molecular complexity index is 4650. The van der Waals surface area contributed by atoms with Gasteiger partial charge in [-0.1, -0.05) is 168 Å². The second-order valence-electron chi connectivity index (χ2n) is 34.9. The zero-order chi connectivity index (χ0) is 82.2. The van der Waals surface area contributed by atoms with Crippen LogP contribution in [0.3, 0.4) is 0 Å². The number of rotatable bonds is 28. The Morgan fingerprint density at radius 2 is 0.517 bits per heavy atom. The molecule has 632 valence electrons. The van der Waals surface area contributed by atoms with Crippen LogP contribution in [-0.4, -0.2) is 200 Å². The van der Waals surface area contributed by atoms with Gasteiger partial charge in [-0.05, 0) is 250 Å². The molecule has 4 aliphatic carbocycles. The van der Waals surface area contributed by atoms with Gasteiger partial charge in [0.1, 0.15) is 0 Å². The first-order valence-electron chi connectivity index (χ1n) is 43.4. The molecular formula is C92H116N20O4S4. The highest BCUT2D eigenvalue weighted by Gasteiger charge is 2.54. The number of oxazole rings is 4. The van der Waals surface area contributed by atoms with E-state index in [0.717, 1.165) is 113 Å². The van der Waals surface area contributed by atoms with Crippen LogP contribution >= 0.6 is 47.0 Å². The molecule has 0 radical (unpaired) electrons. The third kappa shape index (κ3) is 18.0. The van der Waals surface area contributed by atoms with Crippen LogP contribution in [0.15, 0.2) is 185 Å². The van der Waals surface area contributed by atoms with Crippen molar-refractivity contribution in [2.75, 3.05) is 102 Å². The maximum absolute atomic E-state index is 5.46. The summed E-state index contributed by atoms with van der Waals surface area (Å²) >= 11 is 7.09. The van der Waals surface area contributed by atoms with Gasteiger partial charge in [-0.15, -0.1) is 40.8 Å². The fourth-order valence-electron chi connectivity index (χ4n) is 20.7. The third-order valence-corrected chi connectivity index (χ3v) is 32.3. The summed E-state index contributed by atoms with van der Waals surface area (Å²) in [6, 6.07) is 44.6. The summed E-state index contributed by atoms with van der Waals surface area (Å²) in [4.78, 5) is 27.3. The van der Waals surface area contributed by atoms with Gasteiger partial charge in [0, 0.05) is 77.4 Å². The van der Waals surface area contributed by atoms with Gasteiger partial charge in [-0.25, -0.2) is 19.9 Å². The van der Waals surface area contributed by atoms with E-state index < -0.39 is 0 Å². The molecule has 24 nitrogen and oxygen atoms in total. The summed E-state index contributed by atoms with van der Waals surface area (Å²) in [6.45, 7) is 22.4. The van der Waals surface area contributed by atoms with Gasteiger partial charge in [0.25, 0.3) is 0 Å². The normalized spacial score (nSPS) is 23.9. The van der Waals surface area contributed by atoms with Gasteiger partial charge in [0.2, 0.25) is 23.3 Å². The molecule has 120 heavy (non-hydrogen) atoms. The Morgan fingerprint density at radius 1 is 0.300 bits per heavy atom. The molecule has 8 aromatic heterocycles. The summed E-state index contributed by atoms with van der Waals surface area (Å²) in [6.07, 6.45) is 26.9. The standard InChI is InChI=1S/4C23H29N5OS/c4*1-17-20(29-16-24-17)21-25-26-22(27(21)2)30-14-6-12-28-13-11-23(15-28)10-9-19(23)18-7-4-3-5-8-18/h4*3-5,7-8,16,19H,6,9-15H2,1-2H3/t2*19-,23+;2*19-,23-/m1010/s1. The van der Waals surface area contributed by atoms with Crippen LogP contribution in [0.4, 0.5) is 0 Å². The molecule has 12 heterocycles. The zero-order valence-corrected chi connectivity index (χ0v) is 74.3. The topological polar surface area (TPSA) is 240 Å². The zero-order valence-electron chi connectivity index (χ0n) is 71.0. The van der Waals surface area contributed by atoms with Crippen LogP contribution in [0.5, 0.6) is 0 Å². The predicted octanol–water partition coefficient (Wildman–Crippen LogP) is 18.1. The van der Waals surface area contributed by atoms with E-state index in [9.17, 15) is 0 Å². The Morgan fingerprint density at radius 3 is 0.700 bits per heavy atom. The highest BCUT2D eigenvalue weighted by molar-refractivity contribution is 7.99. The van der Waals surface area contributed by atoms with Gasteiger partial charge < -0.3 is 55.5 Å². The molecule has 8 atom stereocenters. The summed E-state index contributed by atoms with van der Waals surface area (Å²) in [5.41, 5.74) is 11.7. The number of aryl methyl sites for hydroxylation is 4. The van der Waals surface area contributed by atoms with Crippen molar-refractivity contribution < 1.29 is 17.7 Å². The molecule has 0 bridgehead atoms.